The van der Waals surface area contributed by atoms with Crippen molar-refractivity contribution in [3.63, 3.8) is 0 Å². The Labute approximate surface area is 175 Å². The van der Waals surface area contributed by atoms with Gasteiger partial charge in [-0.15, -0.1) is 0 Å². The van der Waals surface area contributed by atoms with Crippen LogP contribution in [0.5, 0.6) is 5.75 Å². The third kappa shape index (κ3) is 4.68. The summed E-state index contributed by atoms with van der Waals surface area (Å²) >= 11 is 0. The highest BCUT2D eigenvalue weighted by molar-refractivity contribution is 5.92. The topological polar surface area (TPSA) is 81.9 Å². The predicted octanol–water partition coefficient (Wildman–Crippen LogP) is 5.70. The van der Waals surface area contributed by atoms with E-state index < -0.39 is 11.0 Å². The zero-order valence-electron chi connectivity index (χ0n) is 17.0. The number of carbonyl (C=O) groups excluding carboxylic acids is 1. The van der Waals surface area contributed by atoms with Crippen molar-refractivity contribution in [1.82, 2.24) is 0 Å². The summed E-state index contributed by atoms with van der Waals surface area (Å²) in [6, 6.07) is 18.4. The first-order valence-corrected chi connectivity index (χ1v) is 9.78. The molecule has 0 fully saturated rings. The number of carbonyl (C=O) groups is 1. The van der Waals surface area contributed by atoms with E-state index in [9.17, 15) is 14.9 Å². The second-order valence-corrected chi connectivity index (χ2v) is 6.82. The van der Waals surface area contributed by atoms with Gasteiger partial charge in [-0.05, 0) is 41.0 Å². The highest BCUT2D eigenvalue weighted by Gasteiger charge is 2.29. The van der Waals surface area contributed by atoms with Gasteiger partial charge in [-0.2, -0.15) is 0 Å². The third-order valence-corrected chi connectivity index (χ3v) is 4.77. The first-order valence-electron chi connectivity index (χ1n) is 9.78. The summed E-state index contributed by atoms with van der Waals surface area (Å²) in [4.78, 5) is 25.4. The van der Waals surface area contributed by atoms with Crippen LogP contribution < -0.4 is 9.64 Å². The molecule has 3 rings (SSSR count). The van der Waals surface area contributed by atoms with Crippen LogP contribution in [0.25, 0.3) is 10.8 Å². The van der Waals surface area contributed by atoms with E-state index in [0.29, 0.717) is 0 Å². The number of anilines is 1. The number of para-hydroxylation sites is 1. The number of nitro benzene ring substituents is 1. The maximum absolute atomic E-state index is 12.9. The van der Waals surface area contributed by atoms with Crippen LogP contribution in [0, 0.1) is 10.1 Å². The molecule has 0 aliphatic carbocycles. The largest absolute Gasteiger partial charge is 0.490 e. The van der Waals surface area contributed by atoms with Crippen molar-refractivity contribution in [2.75, 3.05) is 18.6 Å². The smallest absolute Gasteiger partial charge is 0.414 e. The van der Waals surface area contributed by atoms with Gasteiger partial charge >= 0.3 is 11.8 Å². The van der Waals surface area contributed by atoms with Crippen molar-refractivity contribution in [3.05, 3.63) is 76.3 Å². The molecule has 0 bridgehead atoms. The number of methoxy groups -OCH3 is 1. The lowest BCUT2D eigenvalue weighted by Crippen LogP contribution is -2.32. The Kier molecular flexibility index (Phi) is 6.85. The van der Waals surface area contributed by atoms with Gasteiger partial charge in [0.15, 0.2) is 5.75 Å². The first kappa shape index (κ1) is 21.1. The van der Waals surface area contributed by atoms with E-state index in [-0.39, 0.29) is 30.3 Å². The van der Waals surface area contributed by atoms with Gasteiger partial charge in [0.2, 0.25) is 0 Å². The van der Waals surface area contributed by atoms with Crippen molar-refractivity contribution in [3.8, 4) is 5.75 Å². The fourth-order valence-corrected chi connectivity index (χ4v) is 3.23. The summed E-state index contributed by atoms with van der Waals surface area (Å²) in [7, 11) is 1.36. The zero-order chi connectivity index (χ0) is 21.5. The van der Waals surface area contributed by atoms with E-state index in [0.717, 1.165) is 29.2 Å². The zero-order valence-corrected chi connectivity index (χ0v) is 17.0. The molecule has 0 N–H and O–H groups in total. The number of fused-ring (bicyclic) bond motifs is 1. The minimum Gasteiger partial charge on any atom is -0.490 e. The maximum atomic E-state index is 12.9. The van der Waals surface area contributed by atoms with Crippen LogP contribution in [0.15, 0.2) is 60.7 Å². The minimum absolute atomic E-state index is 0.0855. The molecule has 3 aromatic carbocycles. The molecule has 0 atom stereocenters. The number of benzene rings is 3. The van der Waals surface area contributed by atoms with Crippen LogP contribution in [-0.4, -0.2) is 24.7 Å². The molecule has 0 aliphatic heterocycles. The number of unbranched alkanes of at least 4 members (excludes halogenated alkanes) is 1. The average Bonchev–Trinajstić information content (AvgIpc) is 2.76. The molecule has 0 unspecified atom stereocenters. The molecule has 0 radical (unpaired) electrons. The molecule has 0 spiro atoms. The number of nitro groups is 1. The lowest BCUT2D eigenvalue weighted by Gasteiger charge is -2.23. The molecule has 0 aromatic heterocycles. The summed E-state index contributed by atoms with van der Waals surface area (Å²) in [6.07, 6.45) is 0.959. The van der Waals surface area contributed by atoms with Crippen molar-refractivity contribution in [2.24, 2.45) is 0 Å². The van der Waals surface area contributed by atoms with Crippen molar-refractivity contribution in [1.29, 1.82) is 0 Å². The second kappa shape index (κ2) is 9.73. The quantitative estimate of drug-likeness (QED) is 0.271. The Hall–Kier alpha value is -3.61. The number of ether oxygens (including phenoxy) is 2. The lowest BCUT2D eigenvalue weighted by molar-refractivity contribution is -0.385. The first-order chi connectivity index (χ1) is 14.5. The van der Waals surface area contributed by atoms with E-state index in [2.05, 4.69) is 0 Å². The van der Waals surface area contributed by atoms with E-state index >= 15 is 0 Å². The van der Waals surface area contributed by atoms with Crippen LogP contribution in [0.1, 0.15) is 25.3 Å². The van der Waals surface area contributed by atoms with Crippen LogP contribution in [0.3, 0.4) is 0 Å². The Morgan fingerprint density at radius 3 is 2.53 bits per heavy atom. The van der Waals surface area contributed by atoms with Crippen LogP contribution in [0.2, 0.25) is 0 Å². The number of hydrogen-bond acceptors (Lipinski definition) is 5. The van der Waals surface area contributed by atoms with Crippen LogP contribution >= 0.6 is 0 Å². The van der Waals surface area contributed by atoms with E-state index in [1.807, 2.05) is 49.4 Å². The van der Waals surface area contributed by atoms with Gasteiger partial charge in [0.05, 0.1) is 25.2 Å². The Morgan fingerprint density at radius 1 is 1.07 bits per heavy atom. The summed E-state index contributed by atoms with van der Waals surface area (Å²) in [5, 5.41) is 13.9. The number of nitrogens with zero attached hydrogens (tertiary/aromatic N) is 2. The standard InChI is InChI=1S/C23H24N2O5/c1-3-4-14-30-23(26)24(20-10-7-11-21(29-2)22(20)25(27)28)16-17-12-13-18-8-5-6-9-19(18)15-17/h5-13,15H,3-4,14,16H2,1-2H3. The number of amides is 1. The van der Waals surface area contributed by atoms with Gasteiger partial charge < -0.3 is 9.47 Å². The Bertz CT molecular complexity index is 1050. The second-order valence-electron chi connectivity index (χ2n) is 6.82. The fraction of sp³-hybridized carbons (Fsp3) is 0.261. The van der Waals surface area contributed by atoms with Gasteiger partial charge in [-0.1, -0.05) is 55.8 Å². The minimum atomic E-state index is -0.632. The molecule has 30 heavy (non-hydrogen) atoms. The summed E-state index contributed by atoms with van der Waals surface area (Å²) in [5.41, 5.74) is 0.695. The normalized spacial score (nSPS) is 10.6. The molecule has 7 heteroatoms. The SMILES string of the molecule is CCCCOC(=O)N(Cc1ccc2ccccc2c1)c1cccc(OC)c1[N+](=O)[O-]. The molecule has 3 aromatic rings. The molecule has 7 nitrogen and oxygen atoms in total. The van der Waals surface area contributed by atoms with Gasteiger partial charge in [0.1, 0.15) is 5.69 Å². The molecule has 156 valence electrons. The molecule has 1 amide bonds. The number of hydrogen-bond donors (Lipinski definition) is 0. The highest BCUT2D eigenvalue weighted by atomic mass is 16.6. The molecular formula is C23H24N2O5. The lowest BCUT2D eigenvalue weighted by atomic mass is 10.1. The van der Waals surface area contributed by atoms with Gasteiger partial charge in [-0.25, -0.2) is 4.79 Å². The summed E-state index contributed by atoms with van der Waals surface area (Å²) in [5.74, 6) is 0.0855. The van der Waals surface area contributed by atoms with E-state index in [4.69, 9.17) is 9.47 Å². The van der Waals surface area contributed by atoms with Crippen LogP contribution in [-0.2, 0) is 11.3 Å². The Balaban J connectivity index is 2.02. The summed E-state index contributed by atoms with van der Waals surface area (Å²) < 4.78 is 10.6. The maximum Gasteiger partial charge on any atom is 0.414 e. The van der Waals surface area contributed by atoms with Gasteiger partial charge in [0, 0.05) is 0 Å². The van der Waals surface area contributed by atoms with Crippen molar-refractivity contribution >= 4 is 28.2 Å². The monoisotopic (exact) mass is 408 g/mol. The molecule has 0 aliphatic rings. The van der Waals surface area contributed by atoms with E-state index in [1.54, 1.807) is 6.07 Å². The molecule has 0 heterocycles. The highest BCUT2D eigenvalue weighted by Crippen LogP contribution is 2.38. The molecular weight excluding hydrogens is 384 g/mol. The van der Waals surface area contributed by atoms with Crippen molar-refractivity contribution in [2.45, 2.75) is 26.3 Å². The summed E-state index contributed by atoms with van der Waals surface area (Å²) in [6.45, 7) is 2.37. The average molecular weight is 408 g/mol. The van der Waals surface area contributed by atoms with Crippen molar-refractivity contribution < 1.29 is 19.2 Å². The Morgan fingerprint density at radius 2 is 1.83 bits per heavy atom. The number of rotatable bonds is 8. The fourth-order valence-electron chi connectivity index (χ4n) is 3.23. The third-order valence-electron chi connectivity index (χ3n) is 4.77. The van der Waals surface area contributed by atoms with Crippen LogP contribution in [0.4, 0.5) is 16.2 Å². The predicted molar refractivity (Wildman–Crippen MR) is 116 cm³/mol. The van der Waals surface area contributed by atoms with E-state index in [1.165, 1.54) is 24.1 Å². The molecule has 0 saturated carbocycles. The van der Waals surface area contributed by atoms with Gasteiger partial charge in [-0.3, -0.25) is 15.0 Å². The molecule has 0 saturated heterocycles. The van der Waals surface area contributed by atoms with Gasteiger partial charge in [0.25, 0.3) is 0 Å².